The van der Waals surface area contributed by atoms with Crippen LogP contribution in [0, 0.1) is 0 Å². The predicted molar refractivity (Wildman–Crippen MR) is 72.5 cm³/mol. The molecule has 1 fully saturated rings. The van der Waals surface area contributed by atoms with Crippen LogP contribution in [0.5, 0.6) is 0 Å². The van der Waals surface area contributed by atoms with Crippen LogP contribution in [-0.4, -0.2) is 42.8 Å². The number of rotatable bonds is 8. The Balaban J connectivity index is 1.79. The molecule has 0 bridgehead atoms. The minimum absolute atomic E-state index is 0.0975. The van der Waals surface area contributed by atoms with Crippen LogP contribution in [0.4, 0.5) is 5.69 Å². The van der Waals surface area contributed by atoms with E-state index in [-0.39, 0.29) is 5.56 Å². The highest BCUT2D eigenvalue weighted by Gasteiger charge is 2.17. The maximum atomic E-state index is 11.8. The average Bonchev–Trinajstić information content (AvgIpc) is 2.36. The van der Waals surface area contributed by atoms with E-state index in [4.69, 9.17) is 9.47 Å². The molecule has 2 rings (SSSR count). The minimum Gasteiger partial charge on any atom is -0.382 e. The summed E-state index contributed by atoms with van der Waals surface area (Å²) in [5, 5.41) is 7.44. The lowest BCUT2D eigenvalue weighted by Gasteiger charge is -2.27. The van der Waals surface area contributed by atoms with Crippen LogP contribution >= 0.6 is 0 Å². The first-order valence-corrected chi connectivity index (χ1v) is 6.70. The number of aromatic nitrogens is 2. The fourth-order valence-electron chi connectivity index (χ4n) is 1.86. The molecule has 0 radical (unpaired) electrons. The zero-order valence-corrected chi connectivity index (χ0v) is 11.3. The van der Waals surface area contributed by atoms with Crippen LogP contribution < -0.4 is 10.9 Å². The predicted octanol–water partition coefficient (Wildman–Crippen LogP) is 0.871. The van der Waals surface area contributed by atoms with Crippen LogP contribution in [0.25, 0.3) is 0 Å². The maximum absolute atomic E-state index is 11.8. The van der Waals surface area contributed by atoms with Crippen molar-refractivity contribution in [2.45, 2.75) is 31.8 Å². The average molecular weight is 267 g/mol. The van der Waals surface area contributed by atoms with E-state index in [0.717, 1.165) is 5.69 Å². The lowest BCUT2D eigenvalue weighted by atomic mass is 9.93. The topological polar surface area (TPSA) is 65.4 Å². The van der Waals surface area contributed by atoms with Crippen molar-refractivity contribution in [3.63, 3.8) is 0 Å². The quantitative estimate of drug-likeness (QED) is 0.708. The second-order valence-corrected chi connectivity index (χ2v) is 4.68. The van der Waals surface area contributed by atoms with E-state index >= 15 is 0 Å². The largest absolute Gasteiger partial charge is 0.382 e. The Kier molecular flexibility index (Phi) is 5.35. The normalized spacial score (nSPS) is 15.2. The van der Waals surface area contributed by atoms with E-state index in [0.29, 0.717) is 32.4 Å². The van der Waals surface area contributed by atoms with Crippen LogP contribution in [-0.2, 0) is 16.0 Å². The lowest BCUT2D eigenvalue weighted by Crippen LogP contribution is -2.29. The maximum Gasteiger partial charge on any atom is 0.268 e. The van der Waals surface area contributed by atoms with Crippen LogP contribution in [0.2, 0.25) is 0 Å². The van der Waals surface area contributed by atoms with E-state index in [1.165, 1.54) is 23.9 Å². The van der Waals surface area contributed by atoms with Gasteiger partial charge in [-0.1, -0.05) is 0 Å². The van der Waals surface area contributed by atoms with Crippen LogP contribution in [0.1, 0.15) is 19.3 Å². The van der Waals surface area contributed by atoms with Gasteiger partial charge in [0.2, 0.25) is 0 Å². The SMILES string of the molecule is COCCOCCn1ncc(NC2CCC2)cc1=O. The molecule has 1 aromatic rings. The molecule has 1 saturated carbocycles. The minimum atomic E-state index is -0.0975. The summed E-state index contributed by atoms with van der Waals surface area (Å²) < 4.78 is 11.6. The molecule has 0 spiro atoms. The smallest absolute Gasteiger partial charge is 0.268 e. The molecule has 0 saturated heterocycles. The third kappa shape index (κ3) is 4.33. The number of hydrogen-bond acceptors (Lipinski definition) is 5. The highest BCUT2D eigenvalue weighted by atomic mass is 16.5. The summed E-state index contributed by atoms with van der Waals surface area (Å²) in [4.78, 5) is 11.8. The van der Waals surface area contributed by atoms with Crippen molar-refractivity contribution < 1.29 is 9.47 Å². The van der Waals surface area contributed by atoms with E-state index in [2.05, 4.69) is 10.4 Å². The molecule has 0 atom stereocenters. The number of anilines is 1. The van der Waals surface area contributed by atoms with Gasteiger partial charge in [-0.15, -0.1) is 0 Å². The third-order valence-corrected chi connectivity index (χ3v) is 3.22. The van der Waals surface area contributed by atoms with Gasteiger partial charge in [-0.3, -0.25) is 4.79 Å². The standard InChI is InChI=1S/C13H21N3O3/c1-18-7-8-19-6-5-16-13(17)9-12(10-14-16)15-11-3-2-4-11/h9-11,15H,2-8H2,1H3. The summed E-state index contributed by atoms with van der Waals surface area (Å²) in [6.45, 7) is 2.02. The molecule has 1 aromatic heterocycles. The number of nitrogens with zero attached hydrogens (tertiary/aromatic N) is 2. The molecule has 1 N–H and O–H groups in total. The van der Waals surface area contributed by atoms with E-state index < -0.39 is 0 Å². The molecule has 6 heteroatoms. The molecule has 1 aliphatic rings. The van der Waals surface area contributed by atoms with E-state index in [9.17, 15) is 4.79 Å². The monoisotopic (exact) mass is 267 g/mol. The Morgan fingerprint density at radius 1 is 1.42 bits per heavy atom. The molecular weight excluding hydrogens is 246 g/mol. The van der Waals surface area contributed by atoms with Crippen molar-refractivity contribution >= 4 is 5.69 Å². The summed E-state index contributed by atoms with van der Waals surface area (Å²) >= 11 is 0. The van der Waals surface area contributed by atoms with Crippen molar-refractivity contribution in [2.75, 3.05) is 32.2 Å². The molecular formula is C13H21N3O3. The molecule has 0 aliphatic heterocycles. The molecule has 1 heterocycles. The number of nitrogens with one attached hydrogen (secondary N) is 1. The Labute approximate surface area is 112 Å². The second kappa shape index (κ2) is 7.25. The fourth-order valence-corrected chi connectivity index (χ4v) is 1.86. The van der Waals surface area contributed by atoms with Crippen molar-refractivity contribution in [3.05, 3.63) is 22.6 Å². The van der Waals surface area contributed by atoms with Crippen LogP contribution in [0.15, 0.2) is 17.1 Å². The van der Waals surface area contributed by atoms with Crippen molar-refractivity contribution in [1.82, 2.24) is 9.78 Å². The summed E-state index contributed by atoms with van der Waals surface area (Å²) in [7, 11) is 1.63. The van der Waals surface area contributed by atoms with Crippen molar-refractivity contribution in [1.29, 1.82) is 0 Å². The van der Waals surface area contributed by atoms with E-state index in [1.54, 1.807) is 19.4 Å². The first-order valence-electron chi connectivity index (χ1n) is 6.70. The van der Waals surface area contributed by atoms with Gasteiger partial charge in [0.05, 0.1) is 38.2 Å². The van der Waals surface area contributed by atoms with Crippen molar-refractivity contribution in [3.8, 4) is 0 Å². The number of ether oxygens (including phenoxy) is 2. The highest BCUT2D eigenvalue weighted by molar-refractivity contribution is 5.40. The number of hydrogen-bond donors (Lipinski definition) is 1. The zero-order chi connectivity index (χ0) is 13.5. The summed E-state index contributed by atoms with van der Waals surface area (Å²) in [5.41, 5.74) is 0.714. The Bertz CT molecular complexity index is 443. The highest BCUT2D eigenvalue weighted by Crippen LogP contribution is 2.21. The van der Waals surface area contributed by atoms with Crippen molar-refractivity contribution in [2.24, 2.45) is 0 Å². The summed E-state index contributed by atoms with van der Waals surface area (Å²) in [6, 6.07) is 2.11. The van der Waals surface area contributed by atoms with Gasteiger partial charge in [-0.2, -0.15) is 5.10 Å². The Morgan fingerprint density at radius 2 is 2.26 bits per heavy atom. The molecule has 0 aromatic carbocycles. The summed E-state index contributed by atoms with van der Waals surface area (Å²) in [5.74, 6) is 0. The van der Waals surface area contributed by atoms with Gasteiger partial charge in [0, 0.05) is 19.2 Å². The van der Waals surface area contributed by atoms with Gasteiger partial charge in [-0.05, 0) is 19.3 Å². The van der Waals surface area contributed by atoms with Gasteiger partial charge in [0.15, 0.2) is 0 Å². The first-order chi connectivity index (χ1) is 9.29. The van der Waals surface area contributed by atoms with Crippen LogP contribution in [0.3, 0.4) is 0 Å². The summed E-state index contributed by atoms with van der Waals surface area (Å²) in [6.07, 6.45) is 5.32. The molecule has 19 heavy (non-hydrogen) atoms. The molecule has 0 amide bonds. The lowest BCUT2D eigenvalue weighted by molar-refractivity contribution is 0.0649. The Hall–Kier alpha value is -1.40. The fraction of sp³-hybridized carbons (Fsp3) is 0.692. The molecule has 0 unspecified atom stereocenters. The van der Waals surface area contributed by atoms with Gasteiger partial charge in [-0.25, -0.2) is 4.68 Å². The van der Waals surface area contributed by atoms with E-state index in [1.807, 2.05) is 0 Å². The number of methoxy groups -OCH3 is 1. The van der Waals surface area contributed by atoms with Gasteiger partial charge in [0.25, 0.3) is 5.56 Å². The first kappa shape index (κ1) is 14.0. The van der Waals surface area contributed by atoms with Gasteiger partial charge in [0.1, 0.15) is 0 Å². The van der Waals surface area contributed by atoms with Gasteiger partial charge < -0.3 is 14.8 Å². The second-order valence-electron chi connectivity index (χ2n) is 4.68. The zero-order valence-electron chi connectivity index (χ0n) is 11.3. The third-order valence-electron chi connectivity index (χ3n) is 3.22. The Morgan fingerprint density at radius 3 is 2.89 bits per heavy atom. The molecule has 106 valence electrons. The van der Waals surface area contributed by atoms with Gasteiger partial charge >= 0.3 is 0 Å². The molecule has 1 aliphatic carbocycles. The molecule has 6 nitrogen and oxygen atoms in total.